The van der Waals surface area contributed by atoms with Crippen LogP contribution in [0.5, 0.6) is 0 Å². The molecular formula is C18H24N6O3S3. The molecule has 2 heterocycles. The Balaban J connectivity index is 1.56. The molecule has 0 spiro atoms. The lowest BCUT2D eigenvalue weighted by Gasteiger charge is -2.13. The van der Waals surface area contributed by atoms with Crippen LogP contribution in [0.25, 0.3) is 10.2 Å². The van der Waals surface area contributed by atoms with E-state index in [1.807, 2.05) is 6.26 Å². The summed E-state index contributed by atoms with van der Waals surface area (Å²) in [6.07, 6.45) is 5.56. The molecule has 0 saturated heterocycles. The van der Waals surface area contributed by atoms with Gasteiger partial charge in [-0.2, -0.15) is 0 Å². The molecule has 0 bridgehead atoms. The van der Waals surface area contributed by atoms with E-state index in [1.165, 1.54) is 17.4 Å². The van der Waals surface area contributed by atoms with Gasteiger partial charge in [0.2, 0.25) is 16.0 Å². The van der Waals surface area contributed by atoms with E-state index in [1.54, 1.807) is 36.3 Å². The first-order valence-corrected chi connectivity index (χ1v) is 12.8. The van der Waals surface area contributed by atoms with Gasteiger partial charge in [0.05, 0.1) is 21.7 Å². The van der Waals surface area contributed by atoms with Crippen molar-refractivity contribution < 1.29 is 13.5 Å². The van der Waals surface area contributed by atoms with Crippen molar-refractivity contribution in [1.29, 1.82) is 0 Å². The van der Waals surface area contributed by atoms with Crippen LogP contribution in [-0.4, -0.2) is 61.0 Å². The van der Waals surface area contributed by atoms with E-state index in [-0.39, 0.29) is 18.0 Å². The van der Waals surface area contributed by atoms with Gasteiger partial charge in [0.1, 0.15) is 0 Å². The molecule has 3 aromatic rings. The summed E-state index contributed by atoms with van der Waals surface area (Å²) in [5, 5.41) is 16.1. The van der Waals surface area contributed by atoms with Crippen LogP contribution in [0.2, 0.25) is 0 Å². The molecular weight excluding hydrogens is 444 g/mol. The Bertz CT molecular complexity index is 1070. The molecule has 0 radical (unpaired) electrons. The number of aliphatic hydroxyl groups is 1. The number of sulfonamides is 1. The smallest absolute Gasteiger partial charge is 0.240 e. The van der Waals surface area contributed by atoms with Crippen molar-refractivity contribution in [1.82, 2.24) is 19.7 Å². The standard InChI is InChI=1S/C18H24N6O3S3/c1-12(8-19-17-20-10-13(28-2)11-21-17)9-22-18-24-15-4-3-14(7-16(15)29-18)30(26,27)23-5-6-25/h3-4,7,10-12,23,25H,5-6,8-9H2,1-2H3,(H,22,24)(H,19,20,21). The summed E-state index contributed by atoms with van der Waals surface area (Å²) in [6.45, 7) is 3.22. The predicted molar refractivity (Wildman–Crippen MR) is 122 cm³/mol. The van der Waals surface area contributed by atoms with Crippen LogP contribution in [0.1, 0.15) is 6.92 Å². The quantitative estimate of drug-likeness (QED) is 0.313. The summed E-state index contributed by atoms with van der Waals surface area (Å²) in [7, 11) is -3.64. The van der Waals surface area contributed by atoms with Gasteiger partial charge in [0, 0.05) is 36.9 Å². The van der Waals surface area contributed by atoms with Gasteiger partial charge in [-0.15, -0.1) is 11.8 Å². The first kappa shape index (κ1) is 22.7. The lowest BCUT2D eigenvalue weighted by Crippen LogP contribution is -2.26. The van der Waals surface area contributed by atoms with Gasteiger partial charge in [-0.25, -0.2) is 28.1 Å². The molecule has 0 fully saturated rings. The lowest BCUT2D eigenvalue weighted by molar-refractivity contribution is 0.301. The van der Waals surface area contributed by atoms with Crippen molar-refractivity contribution in [2.24, 2.45) is 5.92 Å². The third-order valence-corrected chi connectivity index (χ3v) is 7.27. The molecule has 0 aliphatic heterocycles. The molecule has 2 aromatic heterocycles. The Morgan fingerprint density at radius 1 is 1.20 bits per heavy atom. The van der Waals surface area contributed by atoms with Crippen molar-refractivity contribution in [3.63, 3.8) is 0 Å². The highest BCUT2D eigenvalue weighted by atomic mass is 32.2. The van der Waals surface area contributed by atoms with E-state index in [4.69, 9.17) is 5.11 Å². The van der Waals surface area contributed by atoms with Gasteiger partial charge in [-0.05, 0) is 30.4 Å². The van der Waals surface area contributed by atoms with E-state index in [2.05, 4.69) is 37.2 Å². The fourth-order valence-corrected chi connectivity index (χ4v) is 4.87. The molecule has 1 aromatic carbocycles. The Labute approximate surface area is 183 Å². The maximum absolute atomic E-state index is 12.2. The van der Waals surface area contributed by atoms with Crippen LogP contribution < -0.4 is 15.4 Å². The van der Waals surface area contributed by atoms with E-state index in [0.717, 1.165) is 20.2 Å². The summed E-state index contributed by atoms with van der Waals surface area (Å²) in [5.41, 5.74) is 0.733. The Morgan fingerprint density at radius 3 is 2.63 bits per heavy atom. The van der Waals surface area contributed by atoms with Gasteiger partial charge in [-0.3, -0.25) is 0 Å². The number of aromatic nitrogens is 3. The van der Waals surface area contributed by atoms with Crippen molar-refractivity contribution in [3.8, 4) is 0 Å². The second kappa shape index (κ2) is 10.4. The van der Waals surface area contributed by atoms with Crippen LogP contribution in [0.4, 0.5) is 11.1 Å². The van der Waals surface area contributed by atoms with Crippen LogP contribution in [-0.2, 0) is 10.0 Å². The minimum absolute atomic E-state index is 0.0193. The second-order valence-corrected chi connectivity index (χ2v) is 10.3. The summed E-state index contributed by atoms with van der Waals surface area (Å²) in [4.78, 5) is 14.2. The fraction of sp³-hybridized carbons (Fsp3) is 0.389. The van der Waals surface area contributed by atoms with Crippen molar-refractivity contribution in [2.75, 3.05) is 43.1 Å². The highest BCUT2D eigenvalue weighted by Gasteiger charge is 2.15. The van der Waals surface area contributed by atoms with Crippen molar-refractivity contribution >= 4 is 54.4 Å². The molecule has 30 heavy (non-hydrogen) atoms. The normalized spacial score (nSPS) is 12.8. The molecule has 162 valence electrons. The monoisotopic (exact) mass is 468 g/mol. The first-order chi connectivity index (χ1) is 14.4. The highest BCUT2D eigenvalue weighted by Crippen LogP contribution is 2.28. The number of thiazole rings is 1. The molecule has 12 heteroatoms. The molecule has 0 saturated carbocycles. The molecule has 3 rings (SSSR count). The van der Waals surface area contributed by atoms with Crippen LogP contribution >= 0.6 is 23.1 Å². The number of anilines is 2. The molecule has 1 atom stereocenters. The molecule has 0 aliphatic carbocycles. The average molecular weight is 469 g/mol. The molecule has 0 aliphatic rings. The molecule has 1 unspecified atom stereocenters. The topological polar surface area (TPSA) is 129 Å². The maximum atomic E-state index is 12.2. The highest BCUT2D eigenvalue weighted by molar-refractivity contribution is 7.98. The van der Waals surface area contributed by atoms with E-state index in [9.17, 15) is 8.42 Å². The average Bonchev–Trinajstić information content (AvgIpc) is 3.17. The van der Waals surface area contributed by atoms with Crippen LogP contribution in [0, 0.1) is 5.92 Å². The Hall–Kier alpha value is -1.99. The third-order valence-electron chi connectivity index (χ3n) is 4.15. The number of aliphatic hydroxyl groups excluding tert-OH is 1. The molecule has 4 N–H and O–H groups in total. The zero-order valence-electron chi connectivity index (χ0n) is 16.6. The van der Waals surface area contributed by atoms with Gasteiger partial charge in [-0.1, -0.05) is 18.3 Å². The second-order valence-electron chi connectivity index (χ2n) is 6.58. The van der Waals surface area contributed by atoms with Crippen LogP contribution in [0.3, 0.4) is 0 Å². The summed E-state index contributed by atoms with van der Waals surface area (Å²) in [6, 6.07) is 4.80. The Kier molecular flexibility index (Phi) is 7.83. The van der Waals surface area contributed by atoms with Crippen LogP contribution in [0.15, 0.2) is 40.4 Å². The van der Waals surface area contributed by atoms with E-state index < -0.39 is 10.0 Å². The minimum Gasteiger partial charge on any atom is -0.395 e. The third kappa shape index (κ3) is 6.01. The summed E-state index contributed by atoms with van der Waals surface area (Å²) < 4.78 is 27.5. The zero-order valence-corrected chi connectivity index (χ0v) is 19.1. The molecule has 9 nitrogen and oxygen atoms in total. The predicted octanol–water partition coefficient (Wildman–Crippen LogP) is 2.24. The fourth-order valence-electron chi connectivity index (χ4n) is 2.52. The molecule has 0 amide bonds. The van der Waals surface area contributed by atoms with Crippen molar-refractivity contribution in [3.05, 3.63) is 30.6 Å². The number of benzene rings is 1. The number of rotatable bonds is 11. The zero-order chi connectivity index (χ0) is 21.6. The summed E-state index contributed by atoms with van der Waals surface area (Å²) >= 11 is 3.00. The summed E-state index contributed by atoms with van der Waals surface area (Å²) in [5.74, 6) is 0.891. The SMILES string of the molecule is CSc1cnc(NCC(C)CNc2nc3ccc(S(=O)(=O)NCCO)cc3s2)nc1. The van der Waals surface area contributed by atoms with Gasteiger partial charge in [0.25, 0.3) is 0 Å². The number of hydrogen-bond donors (Lipinski definition) is 4. The van der Waals surface area contributed by atoms with E-state index in [0.29, 0.717) is 25.0 Å². The van der Waals surface area contributed by atoms with Gasteiger partial charge in [0.15, 0.2) is 5.13 Å². The van der Waals surface area contributed by atoms with Crippen molar-refractivity contribution in [2.45, 2.75) is 16.7 Å². The number of thioether (sulfide) groups is 1. The van der Waals surface area contributed by atoms with E-state index >= 15 is 0 Å². The number of hydrogen-bond acceptors (Lipinski definition) is 10. The number of fused-ring (bicyclic) bond motifs is 1. The maximum Gasteiger partial charge on any atom is 0.240 e. The Morgan fingerprint density at radius 2 is 1.93 bits per heavy atom. The number of nitrogens with zero attached hydrogens (tertiary/aromatic N) is 3. The lowest BCUT2D eigenvalue weighted by atomic mass is 10.2. The minimum atomic E-state index is -3.64. The number of nitrogens with one attached hydrogen (secondary N) is 3. The van der Waals surface area contributed by atoms with Gasteiger partial charge >= 0.3 is 0 Å². The van der Waals surface area contributed by atoms with Gasteiger partial charge < -0.3 is 15.7 Å². The first-order valence-electron chi connectivity index (χ1n) is 9.26. The largest absolute Gasteiger partial charge is 0.395 e.